The Morgan fingerprint density at radius 1 is 1.31 bits per heavy atom. The van der Waals surface area contributed by atoms with Crippen molar-refractivity contribution >= 4 is 35.4 Å². The van der Waals surface area contributed by atoms with E-state index in [0.717, 1.165) is 5.56 Å². The summed E-state index contributed by atoms with van der Waals surface area (Å²) in [5.41, 5.74) is 1.05. The first kappa shape index (κ1) is 21.1. The number of carboxylic acid groups (broad SMARTS) is 1. The zero-order chi connectivity index (χ0) is 21.1. The molecule has 1 aromatic carbocycles. The lowest BCUT2D eigenvalue weighted by Gasteiger charge is -2.49. The number of carbonyl (C=O) groups is 4. The molecule has 0 saturated carbocycles. The molecule has 1 amide bonds. The molecule has 0 aromatic heterocycles. The molecule has 154 valence electrons. The first-order chi connectivity index (χ1) is 13.8. The number of hydrogen-bond acceptors (Lipinski definition) is 7. The van der Waals surface area contributed by atoms with E-state index in [1.54, 1.807) is 7.05 Å². The third kappa shape index (κ3) is 4.20. The Bertz CT molecular complexity index is 869. The number of carboxylic acids is 1. The van der Waals surface area contributed by atoms with E-state index in [1.165, 1.54) is 23.6 Å². The predicted octanol–water partition coefficient (Wildman–Crippen LogP) is 1.34. The minimum Gasteiger partial charge on any atom is -0.477 e. The number of Topliss-reactive ketones (excluding diaryl/α,β-unsaturated/α-hetero) is 1. The van der Waals surface area contributed by atoms with Gasteiger partial charge in [-0.15, -0.1) is 11.8 Å². The van der Waals surface area contributed by atoms with Gasteiger partial charge >= 0.3 is 11.9 Å². The maximum atomic E-state index is 12.8. The van der Waals surface area contributed by atoms with Gasteiger partial charge in [0.15, 0.2) is 5.78 Å². The normalized spacial score (nSPS) is 21.9. The summed E-state index contributed by atoms with van der Waals surface area (Å²) in [5, 5.41) is 12.2. The number of nitrogens with zero attached hydrogens (tertiary/aromatic N) is 1. The Morgan fingerprint density at radius 3 is 2.59 bits per heavy atom. The van der Waals surface area contributed by atoms with Gasteiger partial charge in [-0.2, -0.15) is 0 Å². The van der Waals surface area contributed by atoms with E-state index in [2.05, 4.69) is 5.32 Å². The number of β-lactam (4-membered cyclic amide) rings is 1. The first-order valence-corrected chi connectivity index (χ1v) is 10.2. The van der Waals surface area contributed by atoms with Crippen molar-refractivity contribution in [3.63, 3.8) is 0 Å². The van der Waals surface area contributed by atoms with Gasteiger partial charge in [0.05, 0.1) is 17.3 Å². The molecule has 9 heteroatoms. The van der Waals surface area contributed by atoms with E-state index in [1.807, 2.05) is 30.3 Å². The van der Waals surface area contributed by atoms with E-state index in [9.17, 15) is 24.3 Å². The number of rotatable bonds is 8. The number of ketones is 1. The molecule has 2 N–H and O–H groups in total. The number of fused-ring (bicyclic) bond motifs is 1. The molecule has 1 fully saturated rings. The Kier molecular flexibility index (Phi) is 6.39. The van der Waals surface area contributed by atoms with Crippen LogP contribution in [-0.4, -0.2) is 58.4 Å². The smallest absolute Gasteiger partial charge is 0.352 e. The number of carbonyl (C=O) groups excluding carboxylic acids is 3. The second kappa shape index (κ2) is 8.79. The van der Waals surface area contributed by atoms with Crippen LogP contribution in [0.1, 0.15) is 24.9 Å². The first-order valence-electron chi connectivity index (χ1n) is 9.13. The van der Waals surface area contributed by atoms with Crippen LogP contribution < -0.4 is 5.32 Å². The van der Waals surface area contributed by atoms with Crippen LogP contribution in [-0.2, 0) is 23.9 Å². The highest BCUT2D eigenvalue weighted by atomic mass is 32.2. The molecule has 1 saturated heterocycles. The van der Waals surface area contributed by atoms with Gasteiger partial charge < -0.3 is 15.2 Å². The number of benzene rings is 1. The fraction of sp³-hybridized carbons (Fsp3) is 0.400. The molecule has 1 unspecified atom stereocenters. The summed E-state index contributed by atoms with van der Waals surface area (Å²) in [4.78, 5) is 49.5. The van der Waals surface area contributed by atoms with Crippen molar-refractivity contribution in [1.82, 2.24) is 10.2 Å². The monoisotopic (exact) mass is 418 g/mol. The van der Waals surface area contributed by atoms with Crippen molar-refractivity contribution in [2.75, 3.05) is 19.4 Å². The Labute approximate surface area is 172 Å². The SMILES string of the molecule is CNC(C(=O)C[C@@H]1C(=O)N2C(C(=O)O)=C(COC(C)=O)CS[C@H]12)c1ccccc1. The lowest BCUT2D eigenvalue weighted by molar-refractivity contribution is -0.154. The van der Waals surface area contributed by atoms with Crippen molar-refractivity contribution in [1.29, 1.82) is 0 Å². The second-order valence-corrected chi connectivity index (χ2v) is 7.96. The fourth-order valence-corrected chi connectivity index (χ4v) is 5.01. The highest BCUT2D eigenvalue weighted by Gasteiger charge is 2.54. The second-order valence-electron chi connectivity index (χ2n) is 6.86. The van der Waals surface area contributed by atoms with Crippen LogP contribution in [0.5, 0.6) is 0 Å². The minimum absolute atomic E-state index is 0.0274. The van der Waals surface area contributed by atoms with Crippen LogP contribution in [0.2, 0.25) is 0 Å². The van der Waals surface area contributed by atoms with Crippen molar-refractivity contribution in [3.05, 3.63) is 47.2 Å². The molecule has 8 nitrogen and oxygen atoms in total. The van der Waals surface area contributed by atoms with Gasteiger partial charge in [-0.05, 0) is 12.6 Å². The summed E-state index contributed by atoms with van der Waals surface area (Å²) < 4.78 is 4.92. The van der Waals surface area contributed by atoms with Gasteiger partial charge in [-0.1, -0.05) is 30.3 Å². The number of hydrogen-bond donors (Lipinski definition) is 2. The molecule has 2 heterocycles. The quantitative estimate of drug-likeness (QED) is 0.480. The van der Waals surface area contributed by atoms with Crippen LogP contribution in [0, 0.1) is 5.92 Å². The standard InChI is InChI=1S/C20H22N2O6S/c1-11(23)28-9-13-10-29-19-14(18(25)22(19)17(13)20(26)27)8-15(24)16(21-2)12-6-4-3-5-7-12/h3-7,14,16,19,21H,8-10H2,1-2H3,(H,26,27)/t14-,16?,19-/m1/s1. The largest absolute Gasteiger partial charge is 0.477 e. The number of ether oxygens (including phenoxy) is 1. The lowest BCUT2D eigenvalue weighted by atomic mass is 9.87. The maximum absolute atomic E-state index is 12.8. The van der Waals surface area contributed by atoms with Crippen LogP contribution in [0.3, 0.4) is 0 Å². The Morgan fingerprint density at radius 2 is 2.00 bits per heavy atom. The molecule has 3 atom stereocenters. The zero-order valence-corrected chi connectivity index (χ0v) is 16.9. The molecule has 1 aromatic rings. The van der Waals surface area contributed by atoms with E-state index in [-0.39, 0.29) is 24.5 Å². The number of likely N-dealkylation sites (N-methyl/N-ethyl adjacent to an activating group) is 1. The van der Waals surface area contributed by atoms with Crippen LogP contribution >= 0.6 is 11.8 Å². The summed E-state index contributed by atoms with van der Waals surface area (Å²) in [5.74, 6) is -2.53. The Balaban J connectivity index is 1.74. The highest BCUT2D eigenvalue weighted by Crippen LogP contribution is 2.45. The van der Waals surface area contributed by atoms with E-state index < -0.39 is 35.2 Å². The van der Waals surface area contributed by atoms with Crippen molar-refractivity contribution in [3.8, 4) is 0 Å². The maximum Gasteiger partial charge on any atom is 0.352 e. The molecule has 0 aliphatic carbocycles. The number of thioether (sulfide) groups is 1. The summed E-state index contributed by atoms with van der Waals surface area (Å²) in [6, 6.07) is 8.70. The van der Waals surface area contributed by atoms with Gasteiger partial charge in [0.1, 0.15) is 12.3 Å². The van der Waals surface area contributed by atoms with E-state index >= 15 is 0 Å². The number of amides is 1. The molecule has 3 rings (SSSR count). The number of esters is 1. The van der Waals surface area contributed by atoms with E-state index in [0.29, 0.717) is 11.3 Å². The molecule has 29 heavy (non-hydrogen) atoms. The third-order valence-electron chi connectivity index (χ3n) is 4.97. The minimum atomic E-state index is -1.24. The average Bonchev–Trinajstić information content (AvgIpc) is 2.70. The van der Waals surface area contributed by atoms with Crippen molar-refractivity contribution < 1.29 is 29.0 Å². The number of aliphatic carboxylic acids is 1. The Hall–Kier alpha value is -2.65. The molecule has 2 aliphatic heterocycles. The summed E-state index contributed by atoms with van der Waals surface area (Å²) in [6.45, 7) is 1.07. The van der Waals surface area contributed by atoms with E-state index in [4.69, 9.17) is 4.74 Å². The van der Waals surface area contributed by atoms with Gasteiger partial charge in [0, 0.05) is 24.7 Å². The zero-order valence-electron chi connectivity index (χ0n) is 16.1. The lowest BCUT2D eigenvalue weighted by Crippen LogP contribution is -2.62. The topological polar surface area (TPSA) is 113 Å². The molecule has 0 radical (unpaired) electrons. The van der Waals surface area contributed by atoms with Gasteiger partial charge in [-0.25, -0.2) is 4.79 Å². The molecular formula is C20H22N2O6S. The van der Waals surface area contributed by atoms with Gasteiger partial charge in [-0.3, -0.25) is 19.3 Å². The summed E-state index contributed by atoms with van der Waals surface area (Å²) >= 11 is 1.38. The molecule has 0 spiro atoms. The van der Waals surface area contributed by atoms with Crippen molar-refractivity contribution in [2.24, 2.45) is 5.92 Å². The predicted molar refractivity (Wildman–Crippen MR) is 106 cm³/mol. The van der Waals surface area contributed by atoms with Gasteiger partial charge in [0.2, 0.25) is 5.91 Å². The number of nitrogens with one attached hydrogen (secondary N) is 1. The molecular weight excluding hydrogens is 396 g/mol. The third-order valence-corrected chi connectivity index (χ3v) is 6.37. The summed E-state index contributed by atoms with van der Waals surface area (Å²) in [7, 11) is 1.69. The van der Waals surface area contributed by atoms with Crippen LogP contribution in [0.15, 0.2) is 41.6 Å². The van der Waals surface area contributed by atoms with Crippen LogP contribution in [0.4, 0.5) is 0 Å². The highest BCUT2D eigenvalue weighted by molar-refractivity contribution is 8.00. The van der Waals surface area contributed by atoms with Crippen molar-refractivity contribution in [2.45, 2.75) is 24.8 Å². The molecule has 2 aliphatic rings. The summed E-state index contributed by atoms with van der Waals surface area (Å²) in [6.07, 6.45) is 0.0274. The van der Waals surface area contributed by atoms with Gasteiger partial charge in [0.25, 0.3) is 0 Å². The fourth-order valence-electron chi connectivity index (χ4n) is 3.61. The van der Waals surface area contributed by atoms with Crippen LogP contribution in [0.25, 0.3) is 0 Å². The molecule has 0 bridgehead atoms. The average molecular weight is 418 g/mol.